The van der Waals surface area contributed by atoms with Crippen molar-refractivity contribution in [2.45, 2.75) is 30.4 Å². The number of nitrogens with zero attached hydrogens (tertiary/aromatic N) is 1. The van der Waals surface area contributed by atoms with Crippen LogP contribution in [0.1, 0.15) is 40.6 Å². The minimum Gasteiger partial charge on any atom is -0.438 e. The highest BCUT2D eigenvalue weighted by Gasteiger charge is 2.29. The summed E-state index contributed by atoms with van der Waals surface area (Å²) in [7, 11) is -0.675. The van der Waals surface area contributed by atoms with E-state index in [0.29, 0.717) is 0 Å². The van der Waals surface area contributed by atoms with Crippen LogP contribution in [0, 0.1) is 0 Å². The zero-order chi connectivity index (χ0) is 17.3. The number of amides is 1. The number of nitrogens with one attached hydrogen (secondary N) is 1. The molecule has 0 spiro atoms. The van der Waals surface area contributed by atoms with E-state index in [1.807, 2.05) is 18.2 Å². The van der Waals surface area contributed by atoms with Gasteiger partial charge in [0.05, 0.1) is 6.04 Å². The molecule has 24 heavy (non-hydrogen) atoms. The molecule has 128 valence electrons. The van der Waals surface area contributed by atoms with Gasteiger partial charge in [0.2, 0.25) is 5.09 Å². The van der Waals surface area contributed by atoms with Crippen LogP contribution in [0.3, 0.4) is 0 Å². The molecule has 1 N–H and O–H groups in total. The van der Waals surface area contributed by atoms with E-state index >= 15 is 0 Å². The first kappa shape index (κ1) is 16.7. The molecule has 3 rings (SSSR count). The van der Waals surface area contributed by atoms with E-state index in [-0.39, 0.29) is 22.8 Å². The van der Waals surface area contributed by atoms with E-state index in [0.717, 1.165) is 24.8 Å². The van der Waals surface area contributed by atoms with E-state index in [1.54, 1.807) is 11.9 Å². The van der Waals surface area contributed by atoms with Crippen molar-refractivity contribution in [3.05, 3.63) is 53.3 Å². The van der Waals surface area contributed by atoms with Crippen molar-refractivity contribution in [1.82, 2.24) is 9.62 Å². The Kier molecular flexibility index (Phi) is 4.47. The van der Waals surface area contributed by atoms with Gasteiger partial charge < -0.3 is 9.32 Å². The molecule has 0 saturated carbocycles. The normalized spacial score (nSPS) is 17.3. The van der Waals surface area contributed by atoms with Gasteiger partial charge in [-0.1, -0.05) is 24.3 Å². The van der Waals surface area contributed by atoms with Crippen LogP contribution in [0.2, 0.25) is 0 Å². The molecule has 1 aliphatic rings. The number of hydrogen-bond donors (Lipinski definition) is 1. The lowest BCUT2D eigenvalue weighted by molar-refractivity contribution is 0.0677. The van der Waals surface area contributed by atoms with Crippen LogP contribution in [0.25, 0.3) is 0 Å². The molecular formula is C17H20N2O4S. The van der Waals surface area contributed by atoms with Crippen LogP contribution in [0.5, 0.6) is 0 Å². The van der Waals surface area contributed by atoms with Crippen molar-refractivity contribution in [2.75, 3.05) is 14.1 Å². The van der Waals surface area contributed by atoms with Gasteiger partial charge >= 0.3 is 0 Å². The summed E-state index contributed by atoms with van der Waals surface area (Å²) in [4.78, 5) is 14.3. The van der Waals surface area contributed by atoms with Gasteiger partial charge in [-0.05, 0) is 49.6 Å². The molecule has 0 aliphatic heterocycles. The highest BCUT2D eigenvalue weighted by molar-refractivity contribution is 7.89. The first-order valence-corrected chi connectivity index (χ1v) is 9.30. The van der Waals surface area contributed by atoms with Crippen molar-refractivity contribution in [2.24, 2.45) is 0 Å². The second-order valence-electron chi connectivity index (χ2n) is 5.85. The van der Waals surface area contributed by atoms with E-state index in [9.17, 15) is 13.2 Å². The molecule has 2 aromatic rings. The Morgan fingerprint density at radius 1 is 1.25 bits per heavy atom. The second-order valence-corrected chi connectivity index (χ2v) is 7.67. The van der Waals surface area contributed by atoms with E-state index in [1.165, 1.54) is 24.7 Å². The summed E-state index contributed by atoms with van der Waals surface area (Å²) in [6, 6.07) is 10.8. The van der Waals surface area contributed by atoms with Crippen molar-refractivity contribution in [3.63, 3.8) is 0 Å². The van der Waals surface area contributed by atoms with Gasteiger partial charge in [0.1, 0.15) is 0 Å². The predicted octanol–water partition coefficient (Wildman–Crippen LogP) is 2.34. The maximum atomic E-state index is 12.7. The van der Waals surface area contributed by atoms with Gasteiger partial charge in [-0.15, -0.1) is 0 Å². The zero-order valence-corrected chi connectivity index (χ0v) is 14.5. The summed E-state index contributed by atoms with van der Waals surface area (Å²) < 4.78 is 30.9. The Balaban J connectivity index is 1.86. The average molecular weight is 348 g/mol. The number of hydrogen-bond acceptors (Lipinski definition) is 4. The van der Waals surface area contributed by atoms with Gasteiger partial charge in [-0.25, -0.2) is 13.1 Å². The first-order chi connectivity index (χ1) is 11.4. The van der Waals surface area contributed by atoms with Gasteiger partial charge in [-0.2, -0.15) is 0 Å². The maximum Gasteiger partial charge on any atom is 0.289 e. The van der Waals surface area contributed by atoms with Crippen LogP contribution < -0.4 is 4.72 Å². The topological polar surface area (TPSA) is 79.6 Å². The molecule has 1 heterocycles. The SMILES string of the molecule is CNS(=O)(=O)c1ccc(C(=O)N(C)[C@@H]2CCCc3ccccc32)o1. The number of benzene rings is 1. The van der Waals surface area contributed by atoms with Crippen molar-refractivity contribution < 1.29 is 17.6 Å². The molecule has 1 aliphatic carbocycles. The van der Waals surface area contributed by atoms with Crippen LogP contribution in [0.15, 0.2) is 45.9 Å². The molecular weight excluding hydrogens is 328 g/mol. The Morgan fingerprint density at radius 3 is 2.75 bits per heavy atom. The monoisotopic (exact) mass is 348 g/mol. The standard InChI is InChI=1S/C17H20N2O4S/c1-18-24(21,22)16-11-10-15(23-16)17(20)19(2)14-9-5-7-12-6-3-4-8-13(12)14/h3-4,6,8,10-11,14,18H,5,7,9H2,1-2H3/t14-/m1/s1. The fourth-order valence-electron chi connectivity index (χ4n) is 3.13. The summed E-state index contributed by atoms with van der Waals surface area (Å²) in [5.74, 6) is -0.302. The molecule has 1 aromatic carbocycles. The third kappa shape index (κ3) is 2.97. The van der Waals surface area contributed by atoms with E-state index < -0.39 is 10.0 Å². The van der Waals surface area contributed by atoms with Crippen LogP contribution >= 0.6 is 0 Å². The lowest BCUT2D eigenvalue weighted by Crippen LogP contribution is -2.33. The summed E-state index contributed by atoms with van der Waals surface area (Å²) in [6.45, 7) is 0. The van der Waals surface area contributed by atoms with Crippen molar-refractivity contribution in [3.8, 4) is 0 Å². The van der Waals surface area contributed by atoms with Gasteiger partial charge in [0.25, 0.3) is 15.9 Å². The molecule has 1 atom stereocenters. The number of sulfonamides is 1. The molecule has 0 unspecified atom stereocenters. The van der Waals surface area contributed by atoms with Crippen LogP contribution in [-0.4, -0.2) is 33.3 Å². The second kappa shape index (κ2) is 6.41. The Morgan fingerprint density at radius 2 is 2.00 bits per heavy atom. The van der Waals surface area contributed by atoms with Crippen LogP contribution in [0.4, 0.5) is 0 Å². The quantitative estimate of drug-likeness (QED) is 0.920. The number of rotatable bonds is 4. The van der Waals surface area contributed by atoms with Gasteiger partial charge in [0.15, 0.2) is 5.76 Å². The Hall–Kier alpha value is -2.12. The third-order valence-corrected chi connectivity index (χ3v) is 5.74. The molecule has 0 saturated heterocycles. The van der Waals surface area contributed by atoms with E-state index in [2.05, 4.69) is 10.8 Å². The molecule has 1 aromatic heterocycles. The highest BCUT2D eigenvalue weighted by atomic mass is 32.2. The van der Waals surface area contributed by atoms with E-state index in [4.69, 9.17) is 4.42 Å². The molecule has 0 bridgehead atoms. The molecule has 0 radical (unpaired) electrons. The molecule has 0 fully saturated rings. The van der Waals surface area contributed by atoms with Crippen molar-refractivity contribution in [1.29, 1.82) is 0 Å². The lowest BCUT2D eigenvalue weighted by Gasteiger charge is -2.32. The summed E-state index contributed by atoms with van der Waals surface area (Å²) >= 11 is 0. The molecule has 1 amide bonds. The Bertz CT molecular complexity index is 857. The maximum absolute atomic E-state index is 12.7. The van der Waals surface area contributed by atoms with Crippen molar-refractivity contribution >= 4 is 15.9 Å². The predicted molar refractivity (Wildman–Crippen MR) is 89.2 cm³/mol. The van der Waals surface area contributed by atoms with Gasteiger partial charge in [-0.3, -0.25) is 4.79 Å². The minimum atomic E-state index is -3.70. The number of carbonyl (C=O) groups is 1. The number of aryl methyl sites for hydroxylation is 1. The average Bonchev–Trinajstić information content (AvgIpc) is 3.11. The number of fused-ring (bicyclic) bond motifs is 1. The summed E-state index contributed by atoms with van der Waals surface area (Å²) in [6.07, 6.45) is 2.90. The molecule has 6 nitrogen and oxygen atoms in total. The largest absolute Gasteiger partial charge is 0.438 e. The smallest absolute Gasteiger partial charge is 0.289 e. The highest BCUT2D eigenvalue weighted by Crippen LogP contribution is 2.34. The zero-order valence-electron chi connectivity index (χ0n) is 13.7. The summed E-state index contributed by atoms with van der Waals surface area (Å²) in [5.41, 5.74) is 2.40. The fourth-order valence-corrected chi connectivity index (χ4v) is 3.77. The number of furan rings is 1. The first-order valence-electron chi connectivity index (χ1n) is 7.82. The molecule has 7 heteroatoms. The minimum absolute atomic E-state index is 0.0226. The summed E-state index contributed by atoms with van der Waals surface area (Å²) in [5, 5.41) is -0.259. The Labute approximate surface area is 141 Å². The number of carbonyl (C=O) groups excluding carboxylic acids is 1. The fraction of sp³-hybridized carbons (Fsp3) is 0.353. The van der Waals surface area contributed by atoms with Gasteiger partial charge in [0, 0.05) is 7.05 Å². The third-order valence-electron chi connectivity index (χ3n) is 4.45. The lowest BCUT2D eigenvalue weighted by atomic mass is 9.87. The van der Waals surface area contributed by atoms with Crippen LogP contribution in [-0.2, 0) is 16.4 Å².